The van der Waals surface area contributed by atoms with Gasteiger partial charge in [0, 0.05) is 199 Å². The number of aromatic nitrogens is 11. The van der Waals surface area contributed by atoms with Crippen molar-refractivity contribution in [3.05, 3.63) is 179 Å². The zero-order valence-corrected chi connectivity index (χ0v) is 69.4. The largest absolute Gasteiger partial charge is 0.420 e. The molecule has 8 aromatic heterocycles. The number of para-hydroxylation sites is 4. The van der Waals surface area contributed by atoms with Crippen LogP contribution in [0.3, 0.4) is 0 Å². The second-order valence-electron chi connectivity index (χ2n) is 32.0. The molecular formula is C89H117N19O6S. The number of nitrogens with one attached hydrogen (secondary N) is 5. The number of carbonyl (C=O) groups is 4. The smallest absolute Gasteiger partial charge is 0.297 e. The maximum absolute atomic E-state index is 12.8. The van der Waals surface area contributed by atoms with Crippen molar-refractivity contribution in [3.8, 4) is 0 Å². The number of piperazine rings is 4. The molecule has 610 valence electrons. The molecule has 115 heavy (non-hydrogen) atoms. The van der Waals surface area contributed by atoms with Crippen molar-refractivity contribution in [3.63, 3.8) is 0 Å². The van der Waals surface area contributed by atoms with Gasteiger partial charge in [0.15, 0.2) is 45.5 Å². The Hall–Kier alpha value is -10.1. The van der Waals surface area contributed by atoms with Crippen molar-refractivity contribution in [1.82, 2.24) is 74.9 Å². The molecule has 12 heterocycles. The molecule has 25 nitrogen and oxygen atoms in total. The molecule has 4 atom stereocenters. The van der Waals surface area contributed by atoms with E-state index in [1.165, 1.54) is 74.4 Å². The van der Waals surface area contributed by atoms with Crippen LogP contribution in [-0.4, -0.2) is 229 Å². The molecule has 16 rings (SSSR count). The highest BCUT2D eigenvalue weighted by Gasteiger charge is 2.29. The van der Waals surface area contributed by atoms with Crippen molar-refractivity contribution >= 4 is 101 Å². The first-order valence-electron chi connectivity index (χ1n) is 41.9. The van der Waals surface area contributed by atoms with Crippen LogP contribution in [0, 0.1) is 23.7 Å². The van der Waals surface area contributed by atoms with Crippen LogP contribution in [0.5, 0.6) is 0 Å². The van der Waals surface area contributed by atoms with Gasteiger partial charge < -0.3 is 53.3 Å². The summed E-state index contributed by atoms with van der Waals surface area (Å²) in [4.78, 5) is 95.8. The highest BCUT2D eigenvalue weighted by Crippen LogP contribution is 2.31. The summed E-state index contributed by atoms with van der Waals surface area (Å²) in [7, 11) is 0. The lowest BCUT2D eigenvalue weighted by molar-refractivity contribution is 0.0930. The van der Waals surface area contributed by atoms with Gasteiger partial charge in [0.25, 0.3) is 12.0 Å². The van der Waals surface area contributed by atoms with Crippen molar-refractivity contribution in [2.75, 3.05) is 150 Å². The van der Waals surface area contributed by atoms with Crippen LogP contribution >= 0.6 is 11.3 Å². The third-order valence-corrected chi connectivity index (χ3v) is 23.7. The third-order valence-electron chi connectivity index (χ3n) is 22.7. The average Bonchev–Trinajstić information content (AvgIpc) is 1.69. The standard InChI is InChI=1S/C23H30N4O2.C22H30N6O.C22H29N5OS.C22H28N4O2/c1-3-8-26-9-11-27(12-10-26)23-25-16-22(29-23)21(28)14-17(2)13-18-15-24-20-7-5-4-6-19(18)20;1-3-8-27-9-11-28(12-10-27)22-24-21(25-26-22)20(29)14-16(2)13-17-15-23-19-7-5-4-6-18(17)19;1-3-8-26-9-11-27(12-10-26)22-25-24-21(29-22)20(28)14-16(2)13-17-15-23-19-7-5-4-6-18(17)19;1-3-25-8-10-26(11-9-25)22-24-15-21(28-22)20(27)13-16(2)12-17-14-23-19-7-5-4-6-18(17)19/h4-7,15-17,24H,3,8-14H2,1-2H3;4-7,15-16,23H,3,8-14H2,1-2H3,(H,24,25,26);4-7,15-16,23H,3,8-14H2,1-2H3;4-7,14-16,23H,3,8-13H2,1-2H3. The maximum Gasteiger partial charge on any atom is 0.297 e. The van der Waals surface area contributed by atoms with Crippen molar-refractivity contribution < 1.29 is 28.0 Å². The van der Waals surface area contributed by atoms with E-state index >= 15 is 0 Å². The maximum atomic E-state index is 12.8. The van der Waals surface area contributed by atoms with Crippen LogP contribution < -0.4 is 19.6 Å². The minimum absolute atomic E-state index is 0.0262. The van der Waals surface area contributed by atoms with Gasteiger partial charge in [-0.2, -0.15) is 4.98 Å². The Morgan fingerprint density at radius 1 is 0.409 bits per heavy atom. The predicted octanol–water partition coefficient (Wildman–Crippen LogP) is 15.2. The highest BCUT2D eigenvalue weighted by atomic mass is 32.1. The monoisotopic (exact) mass is 1580 g/mol. The second-order valence-corrected chi connectivity index (χ2v) is 32.9. The number of ketones is 4. The van der Waals surface area contributed by atoms with E-state index in [9.17, 15) is 19.2 Å². The highest BCUT2D eigenvalue weighted by molar-refractivity contribution is 7.17. The van der Waals surface area contributed by atoms with Gasteiger partial charge in [-0.3, -0.25) is 39.0 Å². The lowest BCUT2D eigenvalue weighted by atomic mass is 9.95. The zero-order valence-electron chi connectivity index (χ0n) is 68.6. The number of carbonyl (C=O) groups excluding carboxylic acids is 4. The van der Waals surface area contributed by atoms with Gasteiger partial charge in [0.2, 0.25) is 11.1 Å². The van der Waals surface area contributed by atoms with Gasteiger partial charge in [-0.05, 0) is 141 Å². The van der Waals surface area contributed by atoms with E-state index in [-0.39, 0.29) is 46.8 Å². The predicted molar refractivity (Wildman–Crippen MR) is 461 cm³/mol. The number of fused-ring (bicyclic) bond motifs is 4. The van der Waals surface area contributed by atoms with Crippen molar-refractivity contribution in [1.29, 1.82) is 0 Å². The third kappa shape index (κ3) is 22.1. The lowest BCUT2D eigenvalue weighted by Crippen LogP contribution is -2.46. The van der Waals surface area contributed by atoms with Crippen LogP contribution in [0.15, 0.2) is 143 Å². The molecule has 4 aliphatic rings. The molecular weight excluding hydrogens is 1460 g/mol. The van der Waals surface area contributed by atoms with Gasteiger partial charge in [-0.25, -0.2) is 9.97 Å². The van der Waals surface area contributed by atoms with Gasteiger partial charge >= 0.3 is 0 Å². The fourth-order valence-corrected chi connectivity index (χ4v) is 17.2. The normalized spacial score (nSPS) is 16.5. The Morgan fingerprint density at radius 2 is 0.748 bits per heavy atom. The minimum Gasteiger partial charge on any atom is -0.420 e. The first kappa shape index (κ1) is 82.8. The molecule has 0 amide bonds. The number of H-pyrrole nitrogens is 5. The fourth-order valence-electron chi connectivity index (χ4n) is 16.4. The molecule has 4 fully saturated rings. The molecule has 4 saturated heterocycles. The van der Waals surface area contributed by atoms with Gasteiger partial charge in [0.05, 0.1) is 12.4 Å². The molecule has 12 aromatic rings. The van der Waals surface area contributed by atoms with Crippen LogP contribution in [0.2, 0.25) is 0 Å². The first-order valence-corrected chi connectivity index (χ1v) is 42.8. The summed E-state index contributed by atoms with van der Waals surface area (Å²) >= 11 is 1.44. The summed E-state index contributed by atoms with van der Waals surface area (Å²) in [6.07, 6.45) is 20.2. The average molecular weight is 1580 g/mol. The number of benzene rings is 4. The van der Waals surface area contributed by atoms with Gasteiger partial charge in [-0.1, -0.05) is 140 Å². The van der Waals surface area contributed by atoms with E-state index in [2.05, 4.69) is 223 Å². The zero-order chi connectivity index (χ0) is 80.2. The SMILES string of the molecule is CCCN1CCN(c2n[nH]c(C(=O)CC(C)Cc3c[nH]c4ccccc34)n2)CC1.CCCN1CCN(c2ncc(C(=O)CC(C)Cc3c[nH]c4ccccc34)o2)CC1.CCCN1CCN(c2nnc(C(=O)CC(C)Cc3c[nH]c4ccccc34)s2)CC1.CCN1CCN(c2ncc(C(=O)CC(C)Cc3c[nH]c4ccccc34)o2)CC1. The van der Waals surface area contributed by atoms with E-state index in [1.807, 2.05) is 48.7 Å². The van der Waals surface area contributed by atoms with Gasteiger partial charge in [-0.15, -0.1) is 15.3 Å². The van der Waals surface area contributed by atoms with Crippen molar-refractivity contribution in [2.45, 2.75) is 126 Å². The van der Waals surface area contributed by atoms with Crippen LogP contribution in [0.25, 0.3) is 43.6 Å². The molecule has 0 aliphatic carbocycles. The van der Waals surface area contributed by atoms with E-state index in [4.69, 9.17) is 8.83 Å². The summed E-state index contributed by atoms with van der Waals surface area (Å²) in [6, 6.07) is 34.3. The number of hydrogen-bond donors (Lipinski definition) is 5. The molecule has 4 unspecified atom stereocenters. The number of rotatable bonds is 31. The number of aromatic amines is 5. The Balaban J connectivity index is 0.000000134. The summed E-state index contributed by atoms with van der Waals surface area (Å²) in [5, 5.41) is 22.0. The van der Waals surface area contributed by atoms with Crippen LogP contribution in [0.1, 0.15) is 164 Å². The molecule has 26 heteroatoms. The van der Waals surface area contributed by atoms with Crippen LogP contribution in [0.4, 0.5) is 23.1 Å². The Bertz CT molecular complexity index is 4680. The van der Waals surface area contributed by atoms with Crippen molar-refractivity contribution in [2.24, 2.45) is 23.7 Å². The number of likely N-dealkylation sites (N-methyl/N-ethyl adjacent to an activating group) is 1. The summed E-state index contributed by atoms with van der Waals surface area (Å²) in [5.41, 5.74) is 9.59. The van der Waals surface area contributed by atoms with Gasteiger partial charge in [0.1, 0.15) is 0 Å². The van der Waals surface area contributed by atoms with E-state index in [0.29, 0.717) is 66.0 Å². The molecule has 0 bridgehead atoms. The summed E-state index contributed by atoms with van der Waals surface area (Å²) < 4.78 is 11.6. The van der Waals surface area contributed by atoms with E-state index in [0.717, 1.165) is 184 Å². The Labute approximate surface area is 679 Å². The quantitative estimate of drug-likeness (QED) is 0.0253. The van der Waals surface area contributed by atoms with E-state index < -0.39 is 0 Å². The number of anilines is 4. The molecule has 0 saturated carbocycles. The molecule has 4 aliphatic heterocycles. The fraction of sp³-hybridized carbons (Fsp3) is 0.483. The second kappa shape index (κ2) is 40.4. The number of hydrogen-bond acceptors (Lipinski definition) is 21. The van der Waals surface area contributed by atoms with Crippen LogP contribution in [-0.2, 0) is 25.7 Å². The number of nitrogens with zero attached hydrogens (tertiary/aromatic N) is 14. The molecule has 0 radical (unpaired) electrons. The van der Waals surface area contributed by atoms with E-state index in [1.54, 1.807) is 12.4 Å². The minimum atomic E-state index is 0.0262. The molecule has 0 spiro atoms. The number of Topliss-reactive ketones (excluding diaryl/α,β-unsaturated/α-hetero) is 4. The Kier molecular flexibility index (Phi) is 29.1. The molecule has 4 aromatic carbocycles. The molecule has 5 N–H and O–H groups in total. The Morgan fingerprint density at radius 3 is 1.12 bits per heavy atom. The summed E-state index contributed by atoms with van der Waals surface area (Å²) in [6.45, 7) is 37.3. The lowest BCUT2D eigenvalue weighted by Gasteiger charge is -2.34. The summed E-state index contributed by atoms with van der Waals surface area (Å²) in [5.74, 6) is 2.90. The first-order chi connectivity index (χ1) is 56.0. The topological polar surface area (TPSA) is 277 Å². The number of oxazole rings is 2.